The van der Waals surface area contributed by atoms with E-state index in [0.29, 0.717) is 23.3 Å². The zero-order valence-corrected chi connectivity index (χ0v) is 30.7. The van der Waals surface area contributed by atoms with E-state index in [1.165, 1.54) is 15.5 Å². The molecule has 0 fully saturated rings. The van der Waals surface area contributed by atoms with E-state index >= 15 is 0 Å². The first kappa shape index (κ1) is 32.1. The van der Waals surface area contributed by atoms with Gasteiger partial charge in [0.2, 0.25) is 0 Å². The van der Waals surface area contributed by atoms with Gasteiger partial charge in [-0.2, -0.15) is 0 Å². The molecule has 11 rings (SSSR count). The summed E-state index contributed by atoms with van der Waals surface area (Å²) in [7, 11) is 0. The highest BCUT2D eigenvalue weighted by Gasteiger charge is 2.22. The Morgan fingerprint density at radius 1 is 0.375 bits per heavy atom. The summed E-state index contributed by atoms with van der Waals surface area (Å²) in [5.74, 6) is 2.46. The summed E-state index contributed by atoms with van der Waals surface area (Å²) >= 11 is 1.72. The van der Waals surface area contributed by atoms with Crippen molar-refractivity contribution in [1.29, 1.82) is 0 Å². The summed E-state index contributed by atoms with van der Waals surface area (Å²) in [5.41, 5.74) is 9.57. The monoisotopic (exact) mass is 734 g/mol. The first-order chi connectivity index (χ1) is 27.8. The summed E-state index contributed by atoms with van der Waals surface area (Å²) in [5, 5.41) is 3.48. The topological polar surface area (TPSA) is 69.4 Å². The van der Waals surface area contributed by atoms with E-state index in [4.69, 9.17) is 24.9 Å². The molecule has 0 bridgehead atoms. The highest BCUT2D eigenvalue weighted by atomic mass is 32.1. The van der Waals surface area contributed by atoms with Crippen LogP contribution in [0.5, 0.6) is 0 Å². The summed E-state index contributed by atoms with van der Waals surface area (Å²) in [6.45, 7) is 0. The Balaban J connectivity index is 1.24. The molecule has 0 atom stereocenters. The van der Waals surface area contributed by atoms with Gasteiger partial charge in [-0.05, 0) is 30.3 Å². The van der Waals surface area contributed by atoms with Gasteiger partial charge in [0.15, 0.2) is 23.3 Å². The van der Waals surface area contributed by atoms with Gasteiger partial charge >= 0.3 is 0 Å². The lowest BCUT2D eigenvalue weighted by Crippen LogP contribution is -2.04. The highest BCUT2D eigenvalue weighted by molar-refractivity contribution is 7.26. The normalized spacial score (nSPS) is 11.6. The molecule has 0 saturated carbocycles. The molecule has 0 spiro atoms. The van der Waals surface area contributed by atoms with Crippen LogP contribution in [0.25, 0.3) is 105 Å². The molecule has 56 heavy (non-hydrogen) atoms. The van der Waals surface area contributed by atoms with Gasteiger partial charge in [0.05, 0.1) is 32.6 Å². The van der Waals surface area contributed by atoms with Crippen LogP contribution in [-0.4, -0.2) is 29.5 Å². The first-order valence-corrected chi connectivity index (χ1v) is 19.3. The molecule has 0 amide bonds. The van der Waals surface area contributed by atoms with Gasteiger partial charge in [-0.15, -0.1) is 11.3 Å². The zero-order chi connectivity index (χ0) is 37.0. The second kappa shape index (κ2) is 13.2. The lowest BCUT2D eigenvalue weighted by Gasteiger charge is -2.16. The third-order valence-corrected chi connectivity index (χ3v) is 11.4. The van der Waals surface area contributed by atoms with Crippen LogP contribution in [-0.2, 0) is 0 Å². The number of rotatable bonds is 6. The predicted octanol–water partition coefficient (Wildman–Crippen LogP) is 12.5. The van der Waals surface area contributed by atoms with Crippen molar-refractivity contribution in [3.8, 4) is 62.5 Å². The lowest BCUT2D eigenvalue weighted by atomic mass is 10.0. The average molecular weight is 735 g/mol. The molecular weight excluding hydrogens is 705 g/mol. The third kappa shape index (κ3) is 5.36. The maximum Gasteiger partial charge on any atom is 0.166 e. The Morgan fingerprint density at radius 2 is 0.857 bits per heavy atom. The van der Waals surface area contributed by atoms with Gasteiger partial charge in [-0.1, -0.05) is 152 Å². The van der Waals surface area contributed by atoms with Crippen molar-refractivity contribution in [2.75, 3.05) is 0 Å². The van der Waals surface area contributed by atoms with E-state index < -0.39 is 0 Å². The van der Waals surface area contributed by atoms with Crippen LogP contribution in [0.2, 0.25) is 0 Å². The van der Waals surface area contributed by atoms with Crippen LogP contribution >= 0.6 is 11.3 Å². The molecule has 0 aliphatic rings. The second-order valence-electron chi connectivity index (χ2n) is 13.7. The quantitative estimate of drug-likeness (QED) is 0.170. The van der Waals surface area contributed by atoms with Crippen LogP contribution in [0.1, 0.15) is 0 Å². The number of thiophene rings is 1. The average Bonchev–Trinajstić information content (AvgIpc) is 3.82. The molecule has 0 unspecified atom stereocenters. The molecule has 7 heteroatoms. The van der Waals surface area contributed by atoms with Crippen molar-refractivity contribution in [1.82, 2.24) is 29.5 Å². The Morgan fingerprint density at radius 3 is 1.45 bits per heavy atom. The fraction of sp³-hybridized carbons (Fsp3) is 0. The summed E-state index contributed by atoms with van der Waals surface area (Å²) in [6.07, 6.45) is 0. The van der Waals surface area contributed by atoms with Crippen molar-refractivity contribution in [2.45, 2.75) is 0 Å². The zero-order valence-electron chi connectivity index (χ0n) is 29.9. The van der Waals surface area contributed by atoms with Crippen LogP contribution < -0.4 is 0 Å². The van der Waals surface area contributed by atoms with E-state index in [1.807, 2.05) is 78.9 Å². The van der Waals surface area contributed by atoms with E-state index in [1.54, 1.807) is 11.3 Å². The Hall–Kier alpha value is -7.35. The number of benzene rings is 7. The Labute approximate surface area is 326 Å². The van der Waals surface area contributed by atoms with Crippen LogP contribution in [0.4, 0.5) is 0 Å². The summed E-state index contributed by atoms with van der Waals surface area (Å²) < 4.78 is 4.54. The molecule has 4 heterocycles. The summed E-state index contributed by atoms with van der Waals surface area (Å²) in [4.78, 5) is 26.1. The molecule has 0 radical (unpaired) electrons. The minimum atomic E-state index is 0.571. The maximum absolute atomic E-state index is 5.33. The molecule has 0 aliphatic heterocycles. The van der Waals surface area contributed by atoms with Crippen LogP contribution in [0.3, 0.4) is 0 Å². The Kier molecular flexibility index (Phi) is 7.57. The van der Waals surface area contributed by atoms with Crippen molar-refractivity contribution in [3.63, 3.8) is 0 Å². The van der Waals surface area contributed by atoms with Gasteiger partial charge in [0, 0.05) is 48.7 Å². The fourth-order valence-electron chi connectivity index (χ4n) is 7.67. The number of hydrogen-bond acceptors (Lipinski definition) is 6. The van der Waals surface area contributed by atoms with Crippen molar-refractivity contribution in [3.05, 3.63) is 182 Å². The molecular formula is C49H30N6S. The van der Waals surface area contributed by atoms with Crippen molar-refractivity contribution >= 4 is 53.4 Å². The number of para-hydroxylation sites is 2. The molecule has 11 aromatic rings. The maximum atomic E-state index is 5.33. The largest absolute Gasteiger partial charge is 0.309 e. The lowest BCUT2D eigenvalue weighted by molar-refractivity contribution is 1.06. The van der Waals surface area contributed by atoms with Gasteiger partial charge in [0.1, 0.15) is 0 Å². The summed E-state index contributed by atoms with van der Waals surface area (Å²) in [6, 6.07) is 62.7. The smallest absolute Gasteiger partial charge is 0.166 e. The molecule has 7 aromatic carbocycles. The number of nitrogens with zero attached hydrogens (tertiary/aromatic N) is 6. The minimum Gasteiger partial charge on any atom is -0.309 e. The van der Waals surface area contributed by atoms with E-state index in [2.05, 4.69) is 108 Å². The first-order valence-electron chi connectivity index (χ1n) is 18.5. The van der Waals surface area contributed by atoms with Gasteiger partial charge in [0.25, 0.3) is 0 Å². The number of fused-ring (bicyclic) bond motifs is 6. The molecule has 4 aromatic heterocycles. The minimum absolute atomic E-state index is 0.571. The van der Waals surface area contributed by atoms with Crippen LogP contribution in [0.15, 0.2) is 182 Å². The Bertz CT molecular complexity index is 3140. The molecule has 0 N–H and O–H groups in total. The van der Waals surface area contributed by atoms with Gasteiger partial charge in [-0.25, -0.2) is 24.9 Å². The number of aromatic nitrogens is 6. The van der Waals surface area contributed by atoms with Crippen molar-refractivity contribution in [2.24, 2.45) is 0 Å². The van der Waals surface area contributed by atoms with E-state index in [0.717, 1.165) is 65.8 Å². The standard InChI is InChI=1S/C49H30N6S/c1-4-16-31(17-5-1)46-50-43(45-44(51-46)37-24-12-15-27-42(37)56-45)34-28-29-41(55-39-25-13-10-22-35(39)36-23-11-14-26-40(36)55)38(30-34)49-53-47(32-18-6-2-7-19-32)52-48(54-49)33-20-8-3-9-21-33/h1-30H. The van der Waals surface area contributed by atoms with E-state index in [9.17, 15) is 0 Å². The van der Waals surface area contributed by atoms with Gasteiger partial charge in [-0.3, -0.25) is 0 Å². The highest BCUT2D eigenvalue weighted by Crippen LogP contribution is 2.42. The molecule has 0 saturated heterocycles. The molecule has 6 nitrogen and oxygen atoms in total. The second-order valence-corrected chi connectivity index (χ2v) is 14.7. The molecule has 262 valence electrons. The van der Waals surface area contributed by atoms with E-state index in [-0.39, 0.29) is 0 Å². The predicted molar refractivity (Wildman–Crippen MR) is 230 cm³/mol. The van der Waals surface area contributed by atoms with Crippen LogP contribution in [0, 0.1) is 0 Å². The van der Waals surface area contributed by atoms with Crippen molar-refractivity contribution < 1.29 is 0 Å². The third-order valence-electron chi connectivity index (χ3n) is 10.3. The fourth-order valence-corrected chi connectivity index (χ4v) is 8.83. The molecule has 0 aliphatic carbocycles. The number of hydrogen-bond donors (Lipinski definition) is 0. The van der Waals surface area contributed by atoms with Gasteiger partial charge < -0.3 is 4.57 Å². The SMILES string of the molecule is c1ccc(-c2nc(-c3ccccc3)nc(-c3cc(-c4nc(-c5ccccc5)nc5c4sc4ccccc45)ccc3-n3c4ccccc4c4ccccc43)n2)cc1.